The number of rotatable bonds is 3. The second-order valence-corrected chi connectivity index (χ2v) is 5.48. The average Bonchev–Trinajstić information content (AvgIpc) is 3.06. The molecule has 1 heterocycles. The number of aromatic nitrogens is 2. The Labute approximate surface area is 101 Å². The summed E-state index contributed by atoms with van der Waals surface area (Å²) in [5, 5.41) is 3.32. The van der Waals surface area contributed by atoms with Crippen LogP contribution in [0.25, 0.3) is 0 Å². The SMILES string of the molecule is CC1CCC(Nc2nccn(C3CC3)c2=O)C1. The standard InChI is InChI=1S/C13H19N3O/c1-9-2-3-10(8-9)15-12-13(17)16(7-6-14-12)11-4-5-11/h6-7,9-11H,2-5,8H2,1H3,(H,14,15). The van der Waals surface area contributed by atoms with Gasteiger partial charge in [0.05, 0.1) is 0 Å². The van der Waals surface area contributed by atoms with Crippen LogP contribution in [0.3, 0.4) is 0 Å². The van der Waals surface area contributed by atoms with Crippen LogP contribution in [-0.4, -0.2) is 15.6 Å². The van der Waals surface area contributed by atoms with Gasteiger partial charge >= 0.3 is 0 Å². The van der Waals surface area contributed by atoms with Crippen molar-refractivity contribution >= 4 is 5.82 Å². The summed E-state index contributed by atoms with van der Waals surface area (Å²) < 4.78 is 1.83. The van der Waals surface area contributed by atoms with Gasteiger partial charge in [-0.15, -0.1) is 0 Å². The summed E-state index contributed by atoms with van der Waals surface area (Å²) in [4.78, 5) is 16.4. The lowest BCUT2D eigenvalue weighted by atomic mass is 10.1. The summed E-state index contributed by atoms with van der Waals surface area (Å²) in [6.45, 7) is 2.27. The van der Waals surface area contributed by atoms with E-state index in [0.29, 0.717) is 17.9 Å². The third-order valence-electron chi connectivity index (χ3n) is 3.84. The highest BCUT2D eigenvalue weighted by Gasteiger charge is 2.26. The Morgan fingerprint density at radius 3 is 2.82 bits per heavy atom. The summed E-state index contributed by atoms with van der Waals surface area (Å²) in [5.74, 6) is 1.31. The van der Waals surface area contributed by atoms with Crippen molar-refractivity contribution in [2.45, 2.75) is 51.1 Å². The maximum Gasteiger partial charge on any atom is 0.293 e. The molecule has 2 atom stereocenters. The largest absolute Gasteiger partial charge is 0.363 e. The smallest absolute Gasteiger partial charge is 0.293 e. The van der Waals surface area contributed by atoms with Crippen LogP contribution in [0.5, 0.6) is 0 Å². The number of anilines is 1. The molecule has 0 amide bonds. The molecule has 1 N–H and O–H groups in total. The third-order valence-corrected chi connectivity index (χ3v) is 3.84. The Morgan fingerprint density at radius 2 is 2.18 bits per heavy atom. The maximum absolute atomic E-state index is 12.2. The molecule has 0 bridgehead atoms. The molecule has 2 fully saturated rings. The molecule has 0 saturated heterocycles. The molecule has 1 aromatic rings. The van der Waals surface area contributed by atoms with E-state index in [4.69, 9.17) is 0 Å². The minimum atomic E-state index is 0.0505. The Kier molecular flexibility index (Phi) is 2.65. The van der Waals surface area contributed by atoms with Crippen molar-refractivity contribution in [1.29, 1.82) is 0 Å². The van der Waals surface area contributed by atoms with Gasteiger partial charge in [0.15, 0.2) is 5.82 Å². The second-order valence-electron chi connectivity index (χ2n) is 5.48. The monoisotopic (exact) mass is 233 g/mol. The Morgan fingerprint density at radius 1 is 1.35 bits per heavy atom. The molecular formula is C13H19N3O. The van der Waals surface area contributed by atoms with Crippen LogP contribution in [0, 0.1) is 5.92 Å². The van der Waals surface area contributed by atoms with Crippen molar-refractivity contribution in [1.82, 2.24) is 9.55 Å². The van der Waals surface area contributed by atoms with E-state index in [0.717, 1.165) is 31.6 Å². The quantitative estimate of drug-likeness (QED) is 0.870. The lowest BCUT2D eigenvalue weighted by Crippen LogP contribution is -2.27. The first-order valence-electron chi connectivity index (χ1n) is 6.57. The predicted octanol–water partition coefficient (Wildman–Crippen LogP) is 2.18. The van der Waals surface area contributed by atoms with E-state index in [1.165, 1.54) is 6.42 Å². The Hall–Kier alpha value is -1.32. The highest BCUT2D eigenvalue weighted by Crippen LogP contribution is 2.33. The summed E-state index contributed by atoms with van der Waals surface area (Å²) in [6.07, 6.45) is 9.36. The molecule has 2 aliphatic rings. The molecule has 2 saturated carbocycles. The minimum Gasteiger partial charge on any atom is -0.363 e. The van der Waals surface area contributed by atoms with Gasteiger partial charge in [-0.25, -0.2) is 4.98 Å². The fourth-order valence-electron chi connectivity index (χ4n) is 2.70. The van der Waals surface area contributed by atoms with Crippen LogP contribution in [0.2, 0.25) is 0 Å². The van der Waals surface area contributed by atoms with Gasteiger partial charge in [0.2, 0.25) is 0 Å². The number of hydrogen-bond donors (Lipinski definition) is 1. The molecule has 2 unspecified atom stereocenters. The number of hydrogen-bond acceptors (Lipinski definition) is 3. The van der Waals surface area contributed by atoms with Gasteiger partial charge in [-0.05, 0) is 38.0 Å². The zero-order valence-electron chi connectivity index (χ0n) is 10.2. The second kappa shape index (κ2) is 4.17. The van der Waals surface area contributed by atoms with Gasteiger partial charge in [-0.3, -0.25) is 4.79 Å². The minimum absolute atomic E-state index is 0.0505. The van der Waals surface area contributed by atoms with E-state index in [2.05, 4.69) is 17.2 Å². The number of nitrogens with zero attached hydrogens (tertiary/aromatic N) is 2. The topological polar surface area (TPSA) is 46.9 Å². The van der Waals surface area contributed by atoms with E-state index < -0.39 is 0 Å². The van der Waals surface area contributed by atoms with Gasteiger partial charge in [0.1, 0.15) is 0 Å². The molecule has 1 aromatic heterocycles. The molecule has 0 spiro atoms. The first-order chi connectivity index (χ1) is 8.24. The molecule has 3 rings (SSSR count). The molecule has 4 nitrogen and oxygen atoms in total. The van der Waals surface area contributed by atoms with Gasteiger partial charge in [0, 0.05) is 24.5 Å². The van der Waals surface area contributed by atoms with Crippen molar-refractivity contribution < 1.29 is 0 Å². The van der Waals surface area contributed by atoms with Crippen molar-refractivity contribution in [2.75, 3.05) is 5.32 Å². The van der Waals surface area contributed by atoms with E-state index in [-0.39, 0.29) is 5.56 Å². The lowest BCUT2D eigenvalue weighted by Gasteiger charge is -2.13. The molecule has 0 aliphatic heterocycles. The third kappa shape index (κ3) is 2.21. The van der Waals surface area contributed by atoms with Gasteiger partial charge in [-0.1, -0.05) is 6.92 Å². The van der Waals surface area contributed by atoms with Crippen molar-refractivity contribution in [3.63, 3.8) is 0 Å². The summed E-state index contributed by atoms with van der Waals surface area (Å²) >= 11 is 0. The molecular weight excluding hydrogens is 214 g/mol. The van der Waals surface area contributed by atoms with E-state index >= 15 is 0 Å². The normalized spacial score (nSPS) is 28.3. The summed E-state index contributed by atoms with van der Waals surface area (Å²) in [6, 6.07) is 0.855. The summed E-state index contributed by atoms with van der Waals surface area (Å²) in [5.41, 5.74) is 0.0505. The van der Waals surface area contributed by atoms with Crippen LogP contribution < -0.4 is 10.9 Å². The summed E-state index contributed by atoms with van der Waals surface area (Å²) in [7, 11) is 0. The van der Waals surface area contributed by atoms with Crippen molar-refractivity contribution in [2.24, 2.45) is 5.92 Å². The molecule has 0 aromatic carbocycles. The molecule has 92 valence electrons. The van der Waals surface area contributed by atoms with Crippen LogP contribution in [0.1, 0.15) is 45.1 Å². The van der Waals surface area contributed by atoms with Crippen LogP contribution in [-0.2, 0) is 0 Å². The fourth-order valence-corrected chi connectivity index (χ4v) is 2.70. The predicted molar refractivity (Wildman–Crippen MR) is 67.2 cm³/mol. The van der Waals surface area contributed by atoms with Crippen molar-refractivity contribution in [3.8, 4) is 0 Å². The average molecular weight is 233 g/mol. The Balaban J connectivity index is 1.78. The first-order valence-corrected chi connectivity index (χ1v) is 6.57. The van der Waals surface area contributed by atoms with Gasteiger partial charge in [0.25, 0.3) is 5.56 Å². The van der Waals surface area contributed by atoms with E-state index in [9.17, 15) is 4.79 Å². The maximum atomic E-state index is 12.2. The molecule has 4 heteroatoms. The van der Waals surface area contributed by atoms with Crippen LogP contribution >= 0.6 is 0 Å². The fraction of sp³-hybridized carbons (Fsp3) is 0.692. The Bertz CT molecular complexity index is 464. The molecule has 2 aliphatic carbocycles. The van der Waals surface area contributed by atoms with Crippen LogP contribution in [0.15, 0.2) is 17.2 Å². The zero-order chi connectivity index (χ0) is 11.8. The number of nitrogens with one attached hydrogen (secondary N) is 1. The highest BCUT2D eigenvalue weighted by atomic mass is 16.1. The van der Waals surface area contributed by atoms with Crippen LogP contribution in [0.4, 0.5) is 5.82 Å². The molecule has 0 radical (unpaired) electrons. The molecule has 17 heavy (non-hydrogen) atoms. The van der Waals surface area contributed by atoms with E-state index in [1.54, 1.807) is 6.20 Å². The van der Waals surface area contributed by atoms with E-state index in [1.807, 2.05) is 10.8 Å². The zero-order valence-corrected chi connectivity index (χ0v) is 10.2. The van der Waals surface area contributed by atoms with Gasteiger partial charge in [-0.2, -0.15) is 0 Å². The van der Waals surface area contributed by atoms with Gasteiger partial charge < -0.3 is 9.88 Å². The highest BCUT2D eigenvalue weighted by molar-refractivity contribution is 5.33. The van der Waals surface area contributed by atoms with Crippen molar-refractivity contribution in [3.05, 3.63) is 22.7 Å². The first kappa shape index (κ1) is 10.8. The lowest BCUT2D eigenvalue weighted by molar-refractivity contribution is 0.601.